The van der Waals surface area contributed by atoms with E-state index in [1.807, 2.05) is 11.7 Å². The van der Waals surface area contributed by atoms with Crippen LogP contribution in [-0.2, 0) is 18.3 Å². The zero-order valence-electron chi connectivity index (χ0n) is 10.4. The van der Waals surface area contributed by atoms with Crippen molar-refractivity contribution in [2.24, 2.45) is 7.05 Å². The van der Waals surface area contributed by atoms with Crippen molar-refractivity contribution in [2.45, 2.75) is 38.6 Å². The Morgan fingerprint density at radius 1 is 1.53 bits per heavy atom. The number of carbonyl (C=O) groups is 1. The maximum atomic E-state index is 12.0. The Labute approximate surface area is 101 Å². The molecule has 1 fully saturated rings. The summed E-state index contributed by atoms with van der Waals surface area (Å²) in [7, 11) is 1.96. The fourth-order valence-electron chi connectivity index (χ4n) is 2.94. The highest BCUT2D eigenvalue weighted by Crippen LogP contribution is 2.38. The normalized spacial score (nSPS) is 22.4. The second-order valence-electron chi connectivity index (χ2n) is 4.86. The van der Waals surface area contributed by atoms with Gasteiger partial charge in [0.25, 0.3) is 0 Å². The molecule has 3 heterocycles. The van der Waals surface area contributed by atoms with Crippen molar-refractivity contribution in [1.29, 1.82) is 0 Å². The van der Waals surface area contributed by atoms with Crippen LogP contribution in [0.3, 0.4) is 0 Å². The van der Waals surface area contributed by atoms with E-state index < -0.39 is 0 Å². The van der Waals surface area contributed by atoms with Gasteiger partial charge < -0.3 is 10.2 Å². The van der Waals surface area contributed by atoms with Gasteiger partial charge in [0.1, 0.15) is 11.7 Å². The molecule has 5 heteroatoms. The molecule has 0 aromatic carbocycles. The van der Waals surface area contributed by atoms with Crippen LogP contribution in [0.4, 0.5) is 11.5 Å². The third-order valence-electron chi connectivity index (χ3n) is 3.65. The van der Waals surface area contributed by atoms with Crippen LogP contribution in [-0.4, -0.2) is 28.3 Å². The Balaban J connectivity index is 2.08. The average Bonchev–Trinajstić information content (AvgIpc) is 2.86. The van der Waals surface area contributed by atoms with Crippen LogP contribution in [0.25, 0.3) is 0 Å². The largest absolute Gasteiger partial charge is 0.343 e. The first-order chi connectivity index (χ1) is 8.22. The number of anilines is 2. The fourth-order valence-corrected chi connectivity index (χ4v) is 2.94. The number of hydrogen-bond donors (Lipinski definition) is 1. The second-order valence-corrected chi connectivity index (χ2v) is 4.86. The fraction of sp³-hybridized carbons (Fsp3) is 0.667. The van der Waals surface area contributed by atoms with Crippen molar-refractivity contribution in [2.75, 3.05) is 16.8 Å². The summed E-state index contributed by atoms with van der Waals surface area (Å²) >= 11 is 0. The maximum Gasteiger partial charge on any atom is 0.247 e. The van der Waals surface area contributed by atoms with E-state index in [1.54, 1.807) is 0 Å². The third kappa shape index (κ3) is 1.45. The molecule has 1 atom stereocenters. The molecule has 0 saturated carbocycles. The first kappa shape index (κ1) is 10.6. The summed E-state index contributed by atoms with van der Waals surface area (Å²) < 4.78 is 1.91. The van der Waals surface area contributed by atoms with Crippen LogP contribution in [0, 0.1) is 0 Å². The lowest BCUT2D eigenvalue weighted by atomic mass is 10.1. The Kier molecular flexibility index (Phi) is 2.34. The van der Waals surface area contributed by atoms with Crippen LogP contribution >= 0.6 is 0 Å². The number of aryl methyl sites for hydroxylation is 2. The molecular formula is C12H18N4O. The summed E-state index contributed by atoms with van der Waals surface area (Å²) in [5, 5.41) is 7.58. The van der Waals surface area contributed by atoms with Crippen LogP contribution in [0.1, 0.15) is 31.9 Å². The monoisotopic (exact) mass is 234 g/mol. The maximum absolute atomic E-state index is 12.0. The lowest BCUT2D eigenvalue weighted by molar-refractivity contribution is -0.117. The number of fused-ring (bicyclic) bond motifs is 3. The summed E-state index contributed by atoms with van der Waals surface area (Å²) in [6.07, 6.45) is 4.01. The predicted molar refractivity (Wildman–Crippen MR) is 66.2 cm³/mol. The van der Waals surface area contributed by atoms with Gasteiger partial charge in [-0.3, -0.25) is 9.48 Å². The summed E-state index contributed by atoms with van der Waals surface area (Å²) in [5.41, 5.74) is 1.96. The number of aromatic nitrogens is 2. The van der Waals surface area contributed by atoms with E-state index in [9.17, 15) is 4.79 Å². The van der Waals surface area contributed by atoms with Gasteiger partial charge in [-0.15, -0.1) is 0 Å². The molecule has 17 heavy (non-hydrogen) atoms. The number of amides is 1. The molecule has 92 valence electrons. The lowest BCUT2D eigenvalue weighted by Crippen LogP contribution is -2.44. The summed E-state index contributed by atoms with van der Waals surface area (Å²) in [6.45, 7) is 3.10. The van der Waals surface area contributed by atoms with E-state index in [1.165, 1.54) is 0 Å². The predicted octanol–water partition coefficient (Wildman–Crippen LogP) is 1.29. The van der Waals surface area contributed by atoms with Crippen LogP contribution < -0.4 is 10.2 Å². The smallest absolute Gasteiger partial charge is 0.247 e. The van der Waals surface area contributed by atoms with Gasteiger partial charge in [-0.05, 0) is 19.3 Å². The second kappa shape index (κ2) is 3.75. The molecule has 0 radical (unpaired) electrons. The van der Waals surface area contributed by atoms with Gasteiger partial charge in [0.15, 0.2) is 5.82 Å². The van der Waals surface area contributed by atoms with Gasteiger partial charge in [-0.25, -0.2) is 0 Å². The van der Waals surface area contributed by atoms with Crippen molar-refractivity contribution in [3.05, 3.63) is 5.69 Å². The molecule has 1 aromatic rings. The summed E-state index contributed by atoms with van der Waals surface area (Å²) in [5.74, 6) is 1.23. The van der Waals surface area contributed by atoms with E-state index in [0.29, 0.717) is 0 Å². The lowest BCUT2D eigenvalue weighted by Gasteiger charge is -2.31. The molecule has 0 aliphatic carbocycles. The molecule has 1 aromatic heterocycles. The topological polar surface area (TPSA) is 50.2 Å². The molecule has 1 N–H and O–H groups in total. The highest BCUT2D eigenvalue weighted by atomic mass is 16.2. The van der Waals surface area contributed by atoms with Crippen molar-refractivity contribution in [3.8, 4) is 0 Å². The first-order valence-corrected chi connectivity index (χ1v) is 6.35. The number of carbonyl (C=O) groups excluding carboxylic acids is 1. The van der Waals surface area contributed by atoms with E-state index in [4.69, 9.17) is 0 Å². The van der Waals surface area contributed by atoms with Crippen molar-refractivity contribution in [1.82, 2.24) is 9.78 Å². The Morgan fingerprint density at radius 2 is 2.35 bits per heavy atom. The van der Waals surface area contributed by atoms with Gasteiger partial charge in [0.05, 0.1) is 5.69 Å². The standard InChI is InChI=1S/C12H18N4O/c1-3-5-8-10-12(15(2)14-8)16-7-4-6-9(16)11(17)13-10/h9H,3-7H2,1-2H3,(H,13,17). The van der Waals surface area contributed by atoms with Crippen molar-refractivity contribution in [3.63, 3.8) is 0 Å². The molecule has 1 unspecified atom stereocenters. The van der Waals surface area contributed by atoms with Gasteiger partial charge in [0.2, 0.25) is 5.91 Å². The molecule has 3 rings (SSSR count). The minimum absolute atomic E-state index is 0.0207. The molecular weight excluding hydrogens is 216 g/mol. The summed E-state index contributed by atoms with van der Waals surface area (Å²) in [4.78, 5) is 14.2. The van der Waals surface area contributed by atoms with Gasteiger partial charge in [-0.1, -0.05) is 13.3 Å². The van der Waals surface area contributed by atoms with E-state index in [-0.39, 0.29) is 11.9 Å². The number of rotatable bonds is 2. The molecule has 1 saturated heterocycles. The average molecular weight is 234 g/mol. The number of nitrogens with one attached hydrogen (secondary N) is 1. The Morgan fingerprint density at radius 3 is 3.12 bits per heavy atom. The Hall–Kier alpha value is -1.52. The van der Waals surface area contributed by atoms with Crippen LogP contribution in [0.2, 0.25) is 0 Å². The molecule has 2 aliphatic rings. The SMILES string of the molecule is CCCc1nn(C)c2c1NC(=O)C1CCCN21. The van der Waals surface area contributed by atoms with Crippen LogP contribution in [0.15, 0.2) is 0 Å². The van der Waals surface area contributed by atoms with E-state index in [0.717, 1.165) is 49.4 Å². The minimum atomic E-state index is 0.0207. The molecule has 2 aliphatic heterocycles. The van der Waals surface area contributed by atoms with Gasteiger partial charge in [0, 0.05) is 13.6 Å². The molecule has 5 nitrogen and oxygen atoms in total. The molecule has 1 amide bonds. The quantitative estimate of drug-likeness (QED) is 0.839. The number of hydrogen-bond acceptors (Lipinski definition) is 3. The van der Waals surface area contributed by atoms with Gasteiger partial charge >= 0.3 is 0 Å². The summed E-state index contributed by atoms with van der Waals surface area (Å²) in [6, 6.07) is 0.0207. The van der Waals surface area contributed by atoms with Crippen molar-refractivity contribution >= 4 is 17.4 Å². The molecule has 0 bridgehead atoms. The third-order valence-corrected chi connectivity index (χ3v) is 3.65. The Bertz CT molecular complexity index is 465. The number of nitrogens with zero attached hydrogens (tertiary/aromatic N) is 3. The van der Waals surface area contributed by atoms with Crippen LogP contribution in [0.5, 0.6) is 0 Å². The zero-order valence-corrected chi connectivity index (χ0v) is 10.4. The van der Waals surface area contributed by atoms with Crippen molar-refractivity contribution < 1.29 is 4.79 Å². The first-order valence-electron chi connectivity index (χ1n) is 6.35. The zero-order chi connectivity index (χ0) is 12.0. The van der Waals surface area contributed by atoms with Gasteiger partial charge in [-0.2, -0.15) is 5.10 Å². The van der Waals surface area contributed by atoms with E-state index >= 15 is 0 Å². The molecule has 0 spiro atoms. The highest BCUT2D eigenvalue weighted by Gasteiger charge is 2.39. The highest BCUT2D eigenvalue weighted by molar-refractivity contribution is 6.04. The minimum Gasteiger partial charge on any atom is -0.343 e. The van der Waals surface area contributed by atoms with E-state index in [2.05, 4.69) is 22.2 Å².